The van der Waals surface area contributed by atoms with Crippen LogP contribution in [-0.4, -0.2) is 24.9 Å². The van der Waals surface area contributed by atoms with E-state index in [-0.39, 0.29) is 6.29 Å². The SMILES string of the molecule is CCCC[C@H]1CO[C@H]([C@H]2CC[C@H](Cl)CC2)OC1. The van der Waals surface area contributed by atoms with Crippen molar-refractivity contribution < 1.29 is 9.47 Å². The highest BCUT2D eigenvalue weighted by atomic mass is 35.5. The molecule has 1 heterocycles. The molecular weight excluding hydrogens is 236 g/mol. The quantitative estimate of drug-likeness (QED) is 0.713. The van der Waals surface area contributed by atoms with Crippen LogP contribution in [-0.2, 0) is 9.47 Å². The highest BCUT2D eigenvalue weighted by molar-refractivity contribution is 6.20. The summed E-state index contributed by atoms with van der Waals surface area (Å²) in [6, 6.07) is 0. The maximum atomic E-state index is 6.12. The summed E-state index contributed by atoms with van der Waals surface area (Å²) in [6.07, 6.45) is 8.42. The summed E-state index contributed by atoms with van der Waals surface area (Å²) in [5.41, 5.74) is 0. The van der Waals surface area contributed by atoms with Crippen LogP contribution in [0.25, 0.3) is 0 Å². The Kier molecular flexibility index (Phi) is 5.58. The Labute approximate surface area is 110 Å². The molecule has 2 aliphatic rings. The lowest BCUT2D eigenvalue weighted by Gasteiger charge is -2.36. The van der Waals surface area contributed by atoms with Crippen LogP contribution in [0.4, 0.5) is 0 Å². The van der Waals surface area contributed by atoms with Crippen LogP contribution in [0, 0.1) is 11.8 Å². The average molecular weight is 261 g/mol. The molecule has 0 aromatic heterocycles. The summed E-state index contributed by atoms with van der Waals surface area (Å²) in [7, 11) is 0. The molecule has 100 valence electrons. The smallest absolute Gasteiger partial charge is 0.160 e. The van der Waals surface area contributed by atoms with Crippen molar-refractivity contribution in [1.29, 1.82) is 0 Å². The van der Waals surface area contributed by atoms with E-state index in [0.717, 1.165) is 26.1 Å². The number of hydrogen-bond acceptors (Lipinski definition) is 2. The molecule has 0 amide bonds. The molecule has 0 N–H and O–H groups in total. The number of alkyl halides is 1. The zero-order valence-electron chi connectivity index (χ0n) is 10.9. The highest BCUT2D eigenvalue weighted by Gasteiger charge is 2.31. The van der Waals surface area contributed by atoms with E-state index in [2.05, 4.69) is 6.92 Å². The van der Waals surface area contributed by atoms with Gasteiger partial charge < -0.3 is 9.47 Å². The average Bonchev–Trinajstić information content (AvgIpc) is 2.38. The van der Waals surface area contributed by atoms with Crippen molar-refractivity contribution in [1.82, 2.24) is 0 Å². The van der Waals surface area contributed by atoms with E-state index in [1.807, 2.05) is 0 Å². The topological polar surface area (TPSA) is 18.5 Å². The van der Waals surface area contributed by atoms with Crippen LogP contribution in [0.15, 0.2) is 0 Å². The first-order valence-electron chi connectivity index (χ1n) is 7.17. The Morgan fingerprint density at radius 2 is 1.71 bits per heavy atom. The first-order valence-corrected chi connectivity index (χ1v) is 7.60. The fourth-order valence-electron chi connectivity index (χ4n) is 2.84. The molecule has 2 fully saturated rings. The normalized spacial score (nSPS) is 39.2. The molecule has 0 spiro atoms. The summed E-state index contributed by atoms with van der Waals surface area (Å²) in [5, 5.41) is 0.382. The molecule has 2 rings (SSSR count). The summed E-state index contributed by atoms with van der Waals surface area (Å²) in [4.78, 5) is 0. The van der Waals surface area contributed by atoms with E-state index in [1.165, 1.54) is 32.1 Å². The van der Waals surface area contributed by atoms with E-state index in [0.29, 0.717) is 17.2 Å². The van der Waals surface area contributed by atoms with Gasteiger partial charge in [0.2, 0.25) is 0 Å². The maximum Gasteiger partial charge on any atom is 0.160 e. The number of ether oxygens (including phenoxy) is 2. The van der Waals surface area contributed by atoms with Gasteiger partial charge in [0.15, 0.2) is 6.29 Å². The Hall–Kier alpha value is 0.210. The zero-order valence-corrected chi connectivity index (χ0v) is 11.6. The molecule has 0 radical (unpaired) electrons. The Morgan fingerprint density at radius 1 is 1.06 bits per heavy atom. The monoisotopic (exact) mass is 260 g/mol. The minimum Gasteiger partial charge on any atom is -0.352 e. The lowest BCUT2D eigenvalue weighted by Crippen LogP contribution is -2.38. The van der Waals surface area contributed by atoms with Gasteiger partial charge in [0.1, 0.15) is 0 Å². The standard InChI is InChI=1S/C14H25ClO2/c1-2-3-4-11-9-16-14(17-10-11)12-5-7-13(15)8-6-12/h11-14H,2-10H2,1H3/t11-,12-,13-,14-. The lowest BCUT2D eigenvalue weighted by atomic mass is 9.88. The second-order valence-corrected chi connectivity index (χ2v) is 6.17. The minimum atomic E-state index is 0.0528. The molecule has 0 aromatic rings. The van der Waals surface area contributed by atoms with Crippen LogP contribution in [0.2, 0.25) is 0 Å². The summed E-state index contributed by atoms with van der Waals surface area (Å²) in [6.45, 7) is 4.02. The molecular formula is C14H25ClO2. The van der Waals surface area contributed by atoms with Crippen molar-refractivity contribution in [2.24, 2.45) is 11.8 Å². The minimum absolute atomic E-state index is 0.0528. The third kappa shape index (κ3) is 4.11. The second-order valence-electron chi connectivity index (χ2n) is 5.56. The molecule has 3 heteroatoms. The van der Waals surface area contributed by atoms with E-state index in [9.17, 15) is 0 Å². The highest BCUT2D eigenvalue weighted by Crippen LogP contribution is 2.33. The van der Waals surface area contributed by atoms with Gasteiger partial charge in [-0.15, -0.1) is 11.6 Å². The molecule has 1 saturated carbocycles. The first-order chi connectivity index (χ1) is 8.29. The van der Waals surface area contributed by atoms with Gasteiger partial charge in [-0.1, -0.05) is 19.8 Å². The Balaban J connectivity index is 1.68. The van der Waals surface area contributed by atoms with Gasteiger partial charge in [0.25, 0.3) is 0 Å². The lowest BCUT2D eigenvalue weighted by molar-refractivity contribution is -0.228. The van der Waals surface area contributed by atoms with Gasteiger partial charge >= 0.3 is 0 Å². The van der Waals surface area contributed by atoms with Crippen LogP contribution in [0.5, 0.6) is 0 Å². The summed E-state index contributed by atoms with van der Waals surface area (Å²) < 4.78 is 11.8. The van der Waals surface area contributed by atoms with Crippen LogP contribution in [0.1, 0.15) is 51.9 Å². The second kappa shape index (κ2) is 6.96. The van der Waals surface area contributed by atoms with E-state index < -0.39 is 0 Å². The molecule has 0 atom stereocenters. The molecule has 1 saturated heterocycles. The van der Waals surface area contributed by atoms with Crippen molar-refractivity contribution >= 4 is 11.6 Å². The molecule has 0 unspecified atom stereocenters. The van der Waals surface area contributed by atoms with E-state index in [4.69, 9.17) is 21.1 Å². The van der Waals surface area contributed by atoms with Gasteiger partial charge in [-0.05, 0) is 32.1 Å². The van der Waals surface area contributed by atoms with Crippen molar-refractivity contribution in [3.05, 3.63) is 0 Å². The van der Waals surface area contributed by atoms with Crippen LogP contribution >= 0.6 is 11.6 Å². The predicted molar refractivity (Wildman–Crippen MR) is 70.3 cm³/mol. The Bertz CT molecular complexity index is 206. The van der Waals surface area contributed by atoms with Gasteiger partial charge in [0.05, 0.1) is 13.2 Å². The third-order valence-corrected chi connectivity index (χ3v) is 4.48. The van der Waals surface area contributed by atoms with Crippen molar-refractivity contribution in [2.45, 2.75) is 63.5 Å². The summed E-state index contributed by atoms with van der Waals surface area (Å²) in [5.74, 6) is 1.20. The van der Waals surface area contributed by atoms with Crippen LogP contribution < -0.4 is 0 Å². The van der Waals surface area contributed by atoms with Crippen LogP contribution in [0.3, 0.4) is 0 Å². The van der Waals surface area contributed by atoms with Crippen molar-refractivity contribution in [2.75, 3.05) is 13.2 Å². The predicted octanol–water partition coefficient (Wildman–Crippen LogP) is 3.96. The summed E-state index contributed by atoms with van der Waals surface area (Å²) >= 11 is 6.12. The first kappa shape index (κ1) is 13.6. The third-order valence-electron chi connectivity index (χ3n) is 4.04. The molecule has 1 aliphatic heterocycles. The molecule has 0 bridgehead atoms. The molecule has 0 aromatic carbocycles. The van der Waals surface area contributed by atoms with Gasteiger partial charge in [0, 0.05) is 17.2 Å². The molecule has 1 aliphatic carbocycles. The Morgan fingerprint density at radius 3 is 2.29 bits per heavy atom. The largest absolute Gasteiger partial charge is 0.352 e. The fourth-order valence-corrected chi connectivity index (χ4v) is 3.09. The number of unbranched alkanes of at least 4 members (excludes halogenated alkanes) is 1. The van der Waals surface area contributed by atoms with Crippen molar-refractivity contribution in [3.63, 3.8) is 0 Å². The van der Waals surface area contributed by atoms with Gasteiger partial charge in [-0.2, -0.15) is 0 Å². The number of rotatable bonds is 4. The molecule has 17 heavy (non-hydrogen) atoms. The number of hydrogen-bond donors (Lipinski definition) is 0. The molecule has 2 nitrogen and oxygen atoms in total. The van der Waals surface area contributed by atoms with Gasteiger partial charge in [-0.3, -0.25) is 0 Å². The van der Waals surface area contributed by atoms with E-state index >= 15 is 0 Å². The zero-order chi connectivity index (χ0) is 12.1. The van der Waals surface area contributed by atoms with Gasteiger partial charge in [-0.25, -0.2) is 0 Å². The van der Waals surface area contributed by atoms with E-state index in [1.54, 1.807) is 0 Å². The van der Waals surface area contributed by atoms with Crippen molar-refractivity contribution in [3.8, 4) is 0 Å². The maximum absolute atomic E-state index is 6.12. The number of halogens is 1. The fraction of sp³-hybridized carbons (Fsp3) is 1.00.